The van der Waals surface area contributed by atoms with E-state index in [-0.39, 0.29) is 10.6 Å². The van der Waals surface area contributed by atoms with E-state index in [0.29, 0.717) is 0 Å². The second-order valence-corrected chi connectivity index (χ2v) is 4.37. The average molecular weight is 244 g/mol. The van der Waals surface area contributed by atoms with Gasteiger partial charge in [-0.05, 0) is 6.92 Å². The summed E-state index contributed by atoms with van der Waals surface area (Å²) in [7, 11) is 0. The van der Waals surface area contributed by atoms with Crippen LogP contribution in [0.3, 0.4) is 0 Å². The number of anilines is 1. The number of nitrogens with one attached hydrogen (secondary N) is 2. The van der Waals surface area contributed by atoms with Gasteiger partial charge in [0.05, 0.1) is 44.6 Å². The lowest BCUT2D eigenvalue weighted by Crippen LogP contribution is -3.14. The summed E-state index contributed by atoms with van der Waals surface area (Å²) in [6, 6.07) is 0. The van der Waals surface area contributed by atoms with Gasteiger partial charge in [-0.15, -0.1) is 0 Å². The van der Waals surface area contributed by atoms with Gasteiger partial charge < -0.3 is 9.80 Å². The van der Waals surface area contributed by atoms with E-state index in [0.717, 1.165) is 38.4 Å². The summed E-state index contributed by atoms with van der Waals surface area (Å²) in [4.78, 5) is 15.0. The number of likely N-dealkylation sites (N-methyl/N-ethyl adjacent to an activating group) is 1. The summed E-state index contributed by atoms with van der Waals surface area (Å²) >= 11 is 5.96. The number of H-pyrrole nitrogens is 1. The highest BCUT2D eigenvalue weighted by atomic mass is 35.5. The second-order valence-electron chi connectivity index (χ2n) is 3.99. The van der Waals surface area contributed by atoms with Crippen molar-refractivity contribution in [1.82, 2.24) is 10.2 Å². The lowest BCUT2D eigenvalue weighted by atomic mass is 10.3. The number of aromatic nitrogens is 2. The predicted octanol–water partition coefficient (Wildman–Crippen LogP) is -0.852. The van der Waals surface area contributed by atoms with Crippen LogP contribution in [0.5, 0.6) is 0 Å². The van der Waals surface area contributed by atoms with Crippen LogP contribution in [0, 0.1) is 0 Å². The second kappa shape index (κ2) is 4.84. The van der Waals surface area contributed by atoms with Crippen molar-refractivity contribution in [3.8, 4) is 0 Å². The molecule has 2 N–H and O–H groups in total. The molecule has 0 saturated carbocycles. The van der Waals surface area contributed by atoms with E-state index in [4.69, 9.17) is 11.6 Å². The molecular weight excluding hydrogens is 228 g/mol. The Labute approximate surface area is 99.0 Å². The van der Waals surface area contributed by atoms with Crippen molar-refractivity contribution < 1.29 is 4.90 Å². The monoisotopic (exact) mass is 243 g/mol. The van der Waals surface area contributed by atoms with Crippen LogP contribution in [0.15, 0.2) is 11.0 Å². The molecule has 1 saturated heterocycles. The molecule has 1 aliphatic heterocycles. The third-order valence-electron chi connectivity index (χ3n) is 3.09. The first-order chi connectivity index (χ1) is 7.72. The largest absolute Gasteiger partial charge is 0.358 e. The number of halogens is 1. The Balaban J connectivity index is 2.14. The number of nitrogens with zero attached hydrogens (tertiary/aromatic N) is 2. The summed E-state index contributed by atoms with van der Waals surface area (Å²) in [6.45, 7) is 7.35. The van der Waals surface area contributed by atoms with Crippen LogP contribution in [-0.4, -0.2) is 42.9 Å². The molecule has 0 aliphatic carbocycles. The molecule has 16 heavy (non-hydrogen) atoms. The molecule has 0 amide bonds. The van der Waals surface area contributed by atoms with E-state index in [1.54, 1.807) is 11.1 Å². The molecule has 0 spiro atoms. The van der Waals surface area contributed by atoms with Gasteiger partial charge in [-0.2, -0.15) is 5.10 Å². The Morgan fingerprint density at radius 2 is 2.25 bits per heavy atom. The summed E-state index contributed by atoms with van der Waals surface area (Å²) in [6.07, 6.45) is 1.63. The molecule has 0 atom stereocenters. The number of aromatic amines is 1. The zero-order valence-electron chi connectivity index (χ0n) is 9.29. The van der Waals surface area contributed by atoms with E-state index >= 15 is 0 Å². The van der Waals surface area contributed by atoms with Gasteiger partial charge in [-0.25, -0.2) is 5.10 Å². The molecule has 0 bridgehead atoms. The minimum Gasteiger partial charge on any atom is -0.358 e. The summed E-state index contributed by atoms with van der Waals surface area (Å²) < 4.78 is 0. The van der Waals surface area contributed by atoms with Crippen LogP contribution in [0.4, 0.5) is 5.69 Å². The van der Waals surface area contributed by atoms with Gasteiger partial charge in [0.1, 0.15) is 5.02 Å². The van der Waals surface area contributed by atoms with E-state index in [1.807, 2.05) is 0 Å². The Morgan fingerprint density at radius 3 is 2.88 bits per heavy atom. The van der Waals surface area contributed by atoms with Gasteiger partial charge in [-0.3, -0.25) is 4.79 Å². The smallest absolute Gasteiger partial charge is 0.285 e. The maximum Gasteiger partial charge on any atom is 0.285 e. The molecule has 88 valence electrons. The Hall–Kier alpha value is -1.07. The molecule has 1 fully saturated rings. The fraction of sp³-hybridized carbons (Fsp3) is 0.600. The minimum atomic E-state index is -0.315. The van der Waals surface area contributed by atoms with Gasteiger partial charge in [0, 0.05) is 0 Å². The van der Waals surface area contributed by atoms with E-state index in [9.17, 15) is 4.79 Å². The zero-order valence-corrected chi connectivity index (χ0v) is 10.0. The molecule has 5 nitrogen and oxygen atoms in total. The molecule has 2 heterocycles. The van der Waals surface area contributed by atoms with E-state index < -0.39 is 0 Å². The van der Waals surface area contributed by atoms with Crippen LogP contribution in [-0.2, 0) is 0 Å². The van der Waals surface area contributed by atoms with Crippen LogP contribution in [0.2, 0.25) is 5.02 Å². The van der Waals surface area contributed by atoms with E-state index in [1.165, 1.54) is 0 Å². The predicted molar refractivity (Wildman–Crippen MR) is 63.3 cm³/mol. The zero-order chi connectivity index (χ0) is 11.5. The molecule has 1 aromatic heterocycles. The molecule has 0 unspecified atom stereocenters. The average Bonchev–Trinajstić information content (AvgIpc) is 2.33. The Bertz CT molecular complexity index is 412. The van der Waals surface area contributed by atoms with Gasteiger partial charge in [0.25, 0.3) is 5.56 Å². The lowest BCUT2D eigenvalue weighted by Gasteiger charge is -2.33. The van der Waals surface area contributed by atoms with Gasteiger partial charge in [0.2, 0.25) is 0 Å². The van der Waals surface area contributed by atoms with Gasteiger partial charge in [0.15, 0.2) is 0 Å². The summed E-state index contributed by atoms with van der Waals surface area (Å²) in [5.74, 6) is 0. The van der Waals surface area contributed by atoms with Crippen LogP contribution in [0.1, 0.15) is 6.92 Å². The first-order valence-corrected chi connectivity index (χ1v) is 5.92. The van der Waals surface area contributed by atoms with E-state index in [2.05, 4.69) is 22.0 Å². The highest BCUT2D eigenvalue weighted by Gasteiger charge is 2.21. The third kappa shape index (κ3) is 2.20. The normalized spacial score (nSPS) is 17.8. The quantitative estimate of drug-likeness (QED) is 0.712. The fourth-order valence-electron chi connectivity index (χ4n) is 2.01. The first kappa shape index (κ1) is 11.4. The summed E-state index contributed by atoms with van der Waals surface area (Å²) in [5, 5.41) is 6.36. The first-order valence-electron chi connectivity index (χ1n) is 5.54. The molecule has 0 radical (unpaired) electrons. The molecule has 2 rings (SSSR count). The van der Waals surface area contributed by atoms with Crippen molar-refractivity contribution in [3.05, 3.63) is 21.6 Å². The lowest BCUT2D eigenvalue weighted by molar-refractivity contribution is -0.898. The van der Waals surface area contributed by atoms with Crippen LogP contribution < -0.4 is 15.4 Å². The standard InChI is InChI=1S/C10H15ClN4O/c1-2-14-3-5-15(6-4-14)8-7-12-13-10(16)9(8)11/h7H,2-6H2,1H3,(H,13,16)/p+1. The van der Waals surface area contributed by atoms with Gasteiger partial charge in [-0.1, -0.05) is 11.6 Å². The highest BCUT2D eigenvalue weighted by molar-refractivity contribution is 6.32. The Kier molecular flexibility index (Phi) is 3.46. The SMILES string of the molecule is CC[NH+]1CCN(c2cn[nH]c(=O)c2Cl)CC1. The molecule has 0 aromatic carbocycles. The van der Waals surface area contributed by atoms with Crippen molar-refractivity contribution in [2.75, 3.05) is 37.6 Å². The number of rotatable bonds is 2. The van der Waals surface area contributed by atoms with Crippen molar-refractivity contribution in [2.45, 2.75) is 6.92 Å². The maximum atomic E-state index is 11.3. The molecule has 1 aromatic rings. The highest BCUT2D eigenvalue weighted by Crippen LogP contribution is 2.19. The molecule has 1 aliphatic rings. The Morgan fingerprint density at radius 1 is 1.56 bits per heavy atom. The number of hydrogen-bond acceptors (Lipinski definition) is 3. The van der Waals surface area contributed by atoms with Gasteiger partial charge >= 0.3 is 0 Å². The van der Waals surface area contributed by atoms with Crippen LogP contribution >= 0.6 is 11.6 Å². The number of piperazine rings is 1. The molecular formula is C10H16ClN4O+. The van der Waals surface area contributed by atoms with Crippen molar-refractivity contribution in [2.24, 2.45) is 0 Å². The van der Waals surface area contributed by atoms with Crippen molar-refractivity contribution in [1.29, 1.82) is 0 Å². The minimum absolute atomic E-state index is 0.245. The third-order valence-corrected chi connectivity index (χ3v) is 3.45. The molecule has 6 heteroatoms. The number of hydrogen-bond donors (Lipinski definition) is 2. The fourth-order valence-corrected chi connectivity index (χ4v) is 2.22. The van der Waals surface area contributed by atoms with Crippen molar-refractivity contribution in [3.63, 3.8) is 0 Å². The van der Waals surface area contributed by atoms with Crippen LogP contribution in [0.25, 0.3) is 0 Å². The topological polar surface area (TPSA) is 53.4 Å². The summed E-state index contributed by atoms with van der Waals surface area (Å²) in [5.41, 5.74) is 0.435. The van der Waals surface area contributed by atoms with Crippen molar-refractivity contribution >= 4 is 17.3 Å². The maximum absolute atomic E-state index is 11.3. The number of quaternary nitrogens is 1.